The lowest BCUT2D eigenvalue weighted by atomic mass is 9.87. The molecule has 0 unspecified atom stereocenters. The number of nitrogens with one attached hydrogen (secondary N) is 1. The van der Waals surface area contributed by atoms with Gasteiger partial charge in [-0.15, -0.1) is 0 Å². The highest BCUT2D eigenvalue weighted by molar-refractivity contribution is 6.26. The van der Waals surface area contributed by atoms with Crippen molar-refractivity contribution in [1.82, 2.24) is 10.2 Å². The van der Waals surface area contributed by atoms with Gasteiger partial charge in [0.15, 0.2) is 5.78 Å². The molecule has 3 nitrogen and oxygen atoms in total. The monoisotopic (exact) mass is 222 g/mol. The summed E-state index contributed by atoms with van der Waals surface area (Å²) in [7, 11) is 0. The first-order chi connectivity index (χ1) is 8.27. The molecule has 0 bridgehead atoms. The van der Waals surface area contributed by atoms with Crippen LogP contribution in [0, 0.1) is 0 Å². The molecule has 3 heteroatoms. The molecule has 82 valence electrons. The third kappa shape index (κ3) is 1.11. The van der Waals surface area contributed by atoms with Gasteiger partial charge in [0.2, 0.25) is 0 Å². The molecule has 0 radical (unpaired) electrons. The van der Waals surface area contributed by atoms with Gasteiger partial charge in [-0.1, -0.05) is 37.4 Å². The maximum absolute atomic E-state index is 12.3. The molecule has 1 aromatic carbocycles. The van der Waals surface area contributed by atoms with Crippen molar-refractivity contribution in [2.45, 2.75) is 0 Å². The van der Waals surface area contributed by atoms with Crippen LogP contribution in [0.2, 0.25) is 0 Å². The molecule has 0 aliphatic heterocycles. The summed E-state index contributed by atoms with van der Waals surface area (Å²) in [4.78, 5) is 12.3. The molecule has 0 fully saturated rings. The summed E-state index contributed by atoms with van der Waals surface area (Å²) in [6.07, 6.45) is 3.22. The summed E-state index contributed by atoms with van der Waals surface area (Å²) < 4.78 is 0. The molecule has 0 saturated carbocycles. The summed E-state index contributed by atoms with van der Waals surface area (Å²) in [5.41, 5.74) is 3.63. The Morgan fingerprint density at radius 3 is 2.65 bits per heavy atom. The van der Waals surface area contributed by atoms with E-state index in [4.69, 9.17) is 0 Å². The van der Waals surface area contributed by atoms with E-state index in [-0.39, 0.29) is 5.78 Å². The summed E-state index contributed by atoms with van der Waals surface area (Å²) in [6.45, 7) is 7.43. The van der Waals surface area contributed by atoms with Gasteiger partial charge in [-0.05, 0) is 6.07 Å². The number of allylic oxidation sites excluding steroid dienone is 4. The van der Waals surface area contributed by atoms with Crippen LogP contribution in [0.4, 0.5) is 0 Å². The molecule has 0 amide bonds. The molecule has 1 aliphatic carbocycles. The van der Waals surface area contributed by atoms with Gasteiger partial charge in [0, 0.05) is 22.1 Å². The second kappa shape index (κ2) is 3.28. The smallest absolute Gasteiger partial charge is 0.194 e. The van der Waals surface area contributed by atoms with Gasteiger partial charge in [-0.3, -0.25) is 9.89 Å². The van der Waals surface area contributed by atoms with Crippen molar-refractivity contribution >= 4 is 22.3 Å². The number of carbonyl (C=O) groups excluding carboxylic acids is 1. The minimum atomic E-state index is -0.0191. The molecule has 17 heavy (non-hydrogen) atoms. The Hall–Kier alpha value is -2.42. The number of ketones is 1. The number of aromatic nitrogens is 2. The number of hydrogen-bond acceptors (Lipinski definition) is 2. The standard InChI is InChI=1S/C14H10N2O/c1-3-8-9(4-2)14(17)10-6-5-7-11-12(10)13(8)16-15-11/h3-7H,1-2H2,(H,15,16). The maximum Gasteiger partial charge on any atom is 0.194 e. The summed E-state index contributed by atoms with van der Waals surface area (Å²) >= 11 is 0. The maximum atomic E-state index is 12.3. The number of aromatic amines is 1. The fourth-order valence-electron chi connectivity index (χ4n) is 2.26. The molecule has 1 aliphatic rings. The highest BCUT2D eigenvalue weighted by Crippen LogP contribution is 2.35. The predicted octanol–water partition coefficient (Wildman–Crippen LogP) is 2.88. The van der Waals surface area contributed by atoms with Crippen LogP contribution < -0.4 is 0 Å². The fourth-order valence-corrected chi connectivity index (χ4v) is 2.26. The van der Waals surface area contributed by atoms with Crippen LogP contribution in [0.25, 0.3) is 16.5 Å². The minimum Gasteiger partial charge on any atom is -0.289 e. The number of H-pyrrole nitrogens is 1. The molecule has 0 saturated heterocycles. The van der Waals surface area contributed by atoms with E-state index in [9.17, 15) is 4.79 Å². The van der Waals surface area contributed by atoms with E-state index in [0.717, 1.165) is 22.2 Å². The van der Waals surface area contributed by atoms with Gasteiger partial charge in [-0.2, -0.15) is 5.10 Å². The highest BCUT2D eigenvalue weighted by Gasteiger charge is 2.26. The molecule has 1 aromatic heterocycles. The first kappa shape index (κ1) is 9.78. The first-order valence-electron chi connectivity index (χ1n) is 5.29. The number of rotatable bonds is 2. The number of benzene rings is 1. The van der Waals surface area contributed by atoms with Crippen molar-refractivity contribution in [2.24, 2.45) is 0 Å². The van der Waals surface area contributed by atoms with Gasteiger partial charge in [0.05, 0.1) is 5.52 Å². The summed E-state index contributed by atoms with van der Waals surface area (Å²) in [5.74, 6) is -0.0191. The Kier molecular flexibility index (Phi) is 1.89. The average molecular weight is 222 g/mol. The van der Waals surface area contributed by atoms with Crippen molar-refractivity contribution in [3.05, 3.63) is 60.3 Å². The highest BCUT2D eigenvalue weighted by atomic mass is 16.1. The summed E-state index contributed by atoms with van der Waals surface area (Å²) in [6, 6.07) is 5.56. The van der Waals surface area contributed by atoms with Gasteiger partial charge in [0.1, 0.15) is 5.69 Å². The number of hydrogen-bond donors (Lipinski definition) is 1. The minimum absolute atomic E-state index is 0.0191. The van der Waals surface area contributed by atoms with E-state index in [1.807, 2.05) is 18.2 Å². The molecule has 1 heterocycles. The molecule has 0 spiro atoms. The van der Waals surface area contributed by atoms with E-state index in [1.165, 1.54) is 0 Å². The zero-order valence-electron chi connectivity index (χ0n) is 9.16. The van der Waals surface area contributed by atoms with Gasteiger partial charge >= 0.3 is 0 Å². The molecule has 2 aromatic rings. The van der Waals surface area contributed by atoms with E-state index in [2.05, 4.69) is 23.4 Å². The van der Waals surface area contributed by atoms with E-state index in [1.54, 1.807) is 12.2 Å². The van der Waals surface area contributed by atoms with Crippen LogP contribution in [-0.2, 0) is 0 Å². The second-order valence-electron chi connectivity index (χ2n) is 3.87. The molecule has 3 rings (SSSR count). The lowest BCUT2D eigenvalue weighted by molar-refractivity contribution is 0.103. The van der Waals surface area contributed by atoms with Gasteiger partial charge in [0.25, 0.3) is 0 Å². The largest absolute Gasteiger partial charge is 0.289 e. The second-order valence-corrected chi connectivity index (χ2v) is 3.87. The Balaban J connectivity index is 2.52. The molecule has 0 atom stereocenters. The molecular formula is C14H10N2O. The zero-order chi connectivity index (χ0) is 12.0. The Labute approximate surface area is 98.2 Å². The summed E-state index contributed by atoms with van der Waals surface area (Å²) in [5, 5.41) is 8.06. The van der Waals surface area contributed by atoms with Crippen molar-refractivity contribution < 1.29 is 4.79 Å². The predicted molar refractivity (Wildman–Crippen MR) is 67.7 cm³/mol. The fraction of sp³-hybridized carbons (Fsp3) is 0. The first-order valence-corrected chi connectivity index (χ1v) is 5.29. The van der Waals surface area contributed by atoms with Crippen LogP contribution in [-0.4, -0.2) is 16.0 Å². The Morgan fingerprint density at radius 2 is 1.94 bits per heavy atom. The lowest BCUT2D eigenvalue weighted by Gasteiger charge is -2.14. The van der Waals surface area contributed by atoms with Gasteiger partial charge < -0.3 is 0 Å². The quantitative estimate of drug-likeness (QED) is 0.849. The third-order valence-electron chi connectivity index (χ3n) is 3.03. The Morgan fingerprint density at radius 1 is 1.18 bits per heavy atom. The lowest BCUT2D eigenvalue weighted by Crippen LogP contribution is -2.09. The number of Topliss-reactive ketones (excluding diaryl/α,β-unsaturated/α-hetero) is 1. The average Bonchev–Trinajstić information content (AvgIpc) is 2.78. The topological polar surface area (TPSA) is 45.8 Å². The van der Waals surface area contributed by atoms with Crippen LogP contribution in [0.3, 0.4) is 0 Å². The normalized spacial score (nSPS) is 14.2. The van der Waals surface area contributed by atoms with Crippen molar-refractivity contribution in [3.8, 4) is 0 Å². The van der Waals surface area contributed by atoms with Crippen molar-refractivity contribution in [1.29, 1.82) is 0 Å². The van der Waals surface area contributed by atoms with Gasteiger partial charge in [-0.25, -0.2) is 0 Å². The molecule has 1 N–H and O–H groups in total. The van der Waals surface area contributed by atoms with Crippen LogP contribution >= 0.6 is 0 Å². The van der Waals surface area contributed by atoms with Crippen LogP contribution in [0.15, 0.2) is 49.1 Å². The van der Waals surface area contributed by atoms with Crippen molar-refractivity contribution in [2.75, 3.05) is 0 Å². The van der Waals surface area contributed by atoms with E-state index >= 15 is 0 Å². The van der Waals surface area contributed by atoms with E-state index in [0.29, 0.717) is 11.1 Å². The zero-order valence-corrected chi connectivity index (χ0v) is 9.16. The van der Waals surface area contributed by atoms with Crippen molar-refractivity contribution in [3.63, 3.8) is 0 Å². The third-order valence-corrected chi connectivity index (χ3v) is 3.03. The number of nitrogens with zero attached hydrogens (tertiary/aromatic N) is 1. The number of carbonyl (C=O) groups is 1. The van der Waals surface area contributed by atoms with Crippen LogP contribution in [0.1, 0.15) is 16.1 Å². The Bertz CT molecular complexity index is 704. The van der Waals surface area contributed by atoms with Crippen LogP contribution in [0.5, 0.6) is 0 Å². The molecular weight excluding hydrogens is 212 g/mol. The van der Waals surface area contributed by atoms with E-state index < -0.39 is 0 Å². The SMILES string of the molecule is C=CC1=C(C=C)c2n[nH]c3cccc(c23)C1=O.